The summed E-state index contributed by atoms with van der Waals surface area (Å²) in [6, 6.07) is 11.2. The summed E-state index contributed by atoms with van der Waals surface area (Å²) in [5, 5.41) is 29.5. The lowest BCUT2D eigenvalue weighted by Gasteiger charge is -2.16. The van der Waals surface area contributed by atoms with E-state index >= 15 is 0 Å². The van der Waals surface area contributed by atoms with E-state index in [0.717, 1.165) is 0 Å². The smallest absolute Gasteiger partial charge is 0.257 e. The van der Waals surface area contributed by atoms with Crippen molar-refractivity contribution in [1.82, 2.24) is 16.1 Å². The lowest BCUT2D eigenvalue weighted by Crippen LogP contribution is -2.28. The molecule has 0 aliphatic heterocycles. The van der Waals surface area contributed by atoms with Crippen molar-refractivity contribution in [1.29, 1.82) is 10.8 Å². The van der Waals surface area contributed by atoms with E-state index in [2.05, 4.69) is 10.6 Å². The van der Waals surface area contributed by atoms with Crippen molar-refractivity contribution in [3.63, 3.8) is 0 Å². The number of ether oxygens (including phenoxy) is 3. The van der Waals surface area contributed by atoms with Gasteiger partial charge in [-0.1, -0.05) is 0 Å². The summed E-state index contributed by atoms with van der Waals surface area (Å²) in [6.07, 6.45) is 2.68. The quantitative estimate of drug-likeness (QED) is 0.189. The maximum Gasteiger partial charge on any atom is 0.257 e. The number of carbonyl (C=O) groups is 1. The fraction of sp³-hybridized carbons (Fsp3) is 0.227. The number of hydrogen-bond donors (Lipinski definition) is 6. The van der Waals surface area contributed by atoms with Crippen LogP contribution in [0.15, 0.2) is 54.7 Å². The third-order valence-electron chi connectivity index (χ3n) is 4.04. The Hall–Kier alpha value is -3.89. The number of amides is 1. The number of methoxy groups -OCH3 is 1. The van der Waals surface area contributed by atoms with Crippen LogP contribution in [-0.2, 0) is 4.74 Å². The third-order valence-corrected chi connectivity index (χ3v) is 4.04. The van der Waals surface area contributed by atoms with Crippen molar-refractivity contribution < 1.29 is 24.2 Å². The van der Waals surface area contributed by atoms with Crippen LogP contribution < -0.4 is 25.6 Å². The largest absolute Gasteiger partial charge is 0.488 e. The Labute approximate surface area is 186 Å². The van der Waals surface area contributed by atoms with Gasteiger partial charge in [0.15, 0.2) is 0 Å². The van der Waals surface area contributed by atoms with Crippen LogP contribution in [0.25, 0.3) is 0 Å². The highest BCUT2D eigenvalue weighted by atomic mass is 16.5. The highest BCUT2D eigenvalue weighted by Crippen LogP contribution is 2.28. The van der Waals surface area contributed by atoms with Gasteiger partial charge in [0.1, 0.15) is 35.0 Å². The zero-order valence-corrected chi connectivity index (χ0v) is 18.1. The Morgan fingerprint density at radius 1 is 1.09 bits per heavy atom. The molecule has 32 heavy (non-hydrogen) atoms. The summed E-state index contributed by atoms with van der Waals surface area (Å²) >= 11 is 0. The van der Waals surface area contributed by atoms with Crippen molar-refractivity contribution in [3.05, 3.63) is 65.9 Å². The van der Waals surface area contributed by atoms with Crippen LogP contribution in [0.3, 0.4) is 0 Å². The molecular formula is C22H27N5O5. The van der Waals surface area contributed by atoms with Gasteiger partial charge >= 0.3 is 0 Å². The number of rotatable bonds is 10. The first-order valence-corrected chi connectivity index (χ1v) is 9.67. The lowest BCUT2D eigenvalue weighted by atomic mass is 10.1. The number of amidine groups is 2. The normalized spacial score (nSPS) is 11.5. The molecule has 0 bridgehead atoms. The summed E-state index contributed by atoms with van der Waals surface area (Å²) in [5.74, 6) is 0.477. The zero-order chi connectivity index (χ0) is 23.5. The Bertz CT molecular complexity index is 975. The van der Waals surface area contributed by atoms with Crippen molar-refractivity contribution in [2.45, 2.75) is 13.0 Å². The van der Waals surface area contributed by atoms with E-state index in [1.54, 1.807) is 56.0 Å². The number of hydrogen-bond acceptors (Lipinski definition) is 8. The predicted octanol–water partition coefficient (Wildman–Crippen LogP) is 2.64. The summed E-state index contributed by atoms with van der Waals surface area (Å²) < 4.78 is 16.8. The van der Waals surface area contributed by atoms with Crippen molar-refractivity contribution in [2.24, 2.45) is 0 Å². The van der Waals surface area contributed by atoms with Gasteiger partial charge in [-0.25, -0.2) is 0 Å². The number of hydroxylamine groups is 1. The first kappa shape index (κ1) is 24.4. The molecule has 10 heteroatoms. The molecule has 0 unspecified atom stereocenters. The highest BCUT2D eigenvalue weighted by molar-refractivity contribution is 6.09. The molecule has 0 aromatic heterocycles. The molecule has 0 spiro atoms. The Kier molecular flexibility index (Phi) is 9.21. The molecule has 0 aliphatic carbocycles. The van der Waals surface area contributed by atoms with Gasteiger partial charge in [-0.3, -0.25) is 26.3 Å². The maximum absolute atomic E-state index is 12.6. The van der Waals surface area contributed by atoms with Gasteiger partial charge in [0.2, 0.25) is 0 Å². The monoisotopic (exact) mass is 441 g/mol. The van der Waals surface area contributed by atoms with Crippen LogP contribution in [-0.4, -0.2) is 49.7 Å². The van der Waals surface area contributed by atoms with Crippen LogP contribution in [0.5, 0.6) is 17.2 Å². The van der Waals surface area contributed by atoms with Gasteiger partial charge in [0, 0.05) is 31.4 Å². The molecule has 0 fully saturated rings. The fourth-order valence-electron chi connectivity index (χ4n) is 2.62. The van der Waals surface area contributed by atoms with Crippen LogP contribution in [0.1, 0.15) is 22.8 Å². The number of nitrogens with one attached hydrogen (secondary N) is 5. The second-order valence-corrected chi connectivity index (χ2v) is 6.68. The van der Waals surface area contributed by atoms with Gasteiger partial charge in [-0.15, -0.1) is 0 Å². The Morgan fingerprint density at radius 3 is 2.41 bits per heavy atom. The van der Waals surface area contributed by atoms with Gasteiger partial charge < -0.3 is 24.8 Å². The maximum atomic E-state index is 12.6. The molecular weight excluding hydrogens is 414 g/mol. The molecule has 10 nitrogen and oxygen atoms in total. The summed E-state index contributed by atoms with van der Waals surface area (Å²) in [6.45, 7) is 2.19. The Balaban J connectivity index is 2.28. The van der Waals surface area contributed by atoms with Gasteiger partial charge in [0.05, 0.1) is 6.61 Å². The van der Waals surface area contributed by atoms with Crippen molar-refractivity contribution in [3.8, 4) is 17.2 Å². The molecule has 2 rings (SSSR count). The van der Waals surface area contributed by atoms with E-state index in [1.165, 1.54) is 18.3 Å². The molecule has 0 radical (unpaired) electrons. The van der Waals surface area contributed by atoms with E-state index in [1.807, 2.05) is 6.92 Å². The van der Waals surface area contributed by atoms with E-state index < -0.39 is 5.91 Å². The second-order valence-electron chi connectivity index (χ2n) is 6.68. The fourth-order valence-corrected chi connectivity index (χ4v) is 2.62. The molecule has 6 N–H and O–H groups in total. The van der Waals surface area contributed by atoms with Gasteiger partial charge in [0.25, 0.3) is 5.91 Å². The average molecular weight is 441 g/mol. The minimum absolute atomic E-state index is 0.0820. The van der Waals surface area contributed by atoms with E-state index in [0.29, 0.717) is 29.4 Å². The van der Waals surface area contributed by atoms with Gasteiger partial charge in [-0.2, -0.15) is 0 Å². The highest BCUT2D eigenvalue weighted by Gasteiger charge is 2.14. The van der Waals surface area contributed by atoms with Crippen LogP contribution >= 0.6 is 0 Å². The van der Waals surface area contributed by atoms with Gasteiger partial charge in [-0.05, 0) is 55.6 Å². The van der Waals surface area contributed by atoms with E-state index in [4.69, 9.17) is 30.2 Å². The number of carbonyl (C=O) groups excluding carboxylic acids is 1. The molecule has 2 aromatic carbocycles. The average Bonchev–Trinajstić information content (AvgIpc) is 2.77. The van der Waals surface area contributed by atoms with E-state index in [-0.39, 0.29) is 23.3 Å². The second kappa shape index (κ2) is 12.1. The molecule has 1 amide bonds. The lowest BCUT2D eigenvalue weighted by molar-refractivity contribution is 0.0913. The SMILES string of the molecule is CN/C=C\C(=N)NC(=O)c1cc(Oc2ccc(C(=N)NO)cc2)cc(O[C@@H](C)COC)c1. The third kappa shape index (κ3) is 7.42. The topological polar surface area (TPSA) is 149 Å². The number of benzene rings is 2. The standard InChI is InChI=1S/C22H27N5O5/c1-14(13-30-3)31-18-10-16(22(28)26-20(23)8-9-25-2)11-19(12-18)32-17-6-4-15(5-7-17)21(24)27-29/h4-12,14,25,29H,13H2,1-3H3,(H2,24,27)(H2,23,26,28)/b9-8-/t14-/m0/s1. The summed E-state index contributed by atoms with van der Waals surface area (Å²) in [7, 11) is 3.26. The molecule has 0 saturated carbocycles. The minimum Gasteiger partial charge on any atom is -0.488 e. The van der Waals surface area contributed by atoms with Crippen molar-refractivity contribution in [2.75, 3.05) is 20.8 Å². The van der Waals surface area contributed by atoms with Crippen LogP contribution in [0.2, 0.25) is 0 Å². The molecule has 2 aromatic rings. The first-order valence-electron chi connectivity index (χ1n) is 9.67. The zero-order valence-electron chi connectivity index (χ0n) is 18.1. The molecule has 0 saturated heterocycles. The Morgan fingerprint density at radius 2 is 1.78 bits per heavy atom. The summed E-state index contributed by atoms with van der Waals surface area (Å²) in [5.41, 5.74) is 2.49. The molecule has 1 atom stereocenters. The van der Waals surface area contributed by atoms with Crippen LogP contribution in [0, 0.1) is 10.8 Å². The molecule has 0 aliphatic rings. The minimum atomic E-state index is -0.497. The molecule has 0 heterocycles. The predicted molar refractivity (Wildman–Crippen MR) is 120 cm³/mol. The van der Waals surface area contributed by atoms with E-state index in [9.17, 15) is 4.79 Å². The van der Waals surface area contributed by atoms with Crippen LogP contribution in [0.4, 0.5) is 0 Å². The van der Waals surface area contributed by atoms with Crippen molar-refractivity contribution >= 4 is 17.6 Å². The summed E-state index contributed by atoms with van der Waals surface area (Å²) in [4.78, 5) is 12.6. The first-order chi connectivity index (χ1) is 15.4. The molecule has 170 valence electrons.